The van der Waals surface area contributed by atoms with Gasteiger partial charge in [-0.05, 0) is 25.3 Å². The summed E-state index contributed by atoms with van der Waals surface area (Å²) in [6.07, 6.45) is 2.04. The first-order valence-electron chi connectivity index (χ1n) is 6.94. The van der Waals surface area contributed by atoms with Gasteiger partial charge < -0.3 is 10.4 Å². The predicted molar refractivity (Wildman–Crippen MR) is 82.0 cm³/mol. The Balaban J connectivity index is 2.34. The third-order valence-electron chi connectivity index (χ3n) is 3.79. The van der Waals surface area contributed by atoms with Crippen LogP contribution >= 0.6 is 11.6 Å². The van der Waals surface area contributed by atoms with Crippen LogP contribution in [0.3, 0.4) is 0 Å². The molecule has 0 aromatic carbocycles. The lowest BCUT2D eigenvalue weighted by atomic mass is 10.0. The van der Waals surface area contributed by atoms with Crippen molar-refractivity contribution < 1.29 is 13.5 Å². The molecule has 0 bridgehead atoms. The third kappa shape index (κ3) is 3.15. The van der Waals surface area contributed by atoms with Crippen molar-refractivity contribution in [1.29, 1.82) is 0 Å². The minimum Gasteiger partial charge on any atom is -0.395 e. The molecule has 0 aliphatic carbocycles. The van der Waals surface area contributed by atoms with Crippen molar-refractivity contribution in [2.24, 2.45) is 5.92 Å². The van der Waals surface area contributed by atoms with Gasteiger partial charge in [0.25, 0.3) is 0 Å². The number of nitrogens with one attached hydrogen (secondary N) is 1. The average molecular weight is 334 g/mol. The van der Waals surface area contributed by atoms with Crippen LogP contribution in [0.25, 0.3) is 0 Å². The Morgan fingerprint density at radius 3 is 2.86 bits per heavy atom. The summed E-state index contributed by atoms with van der Waals surface area (Å²) in [5.74, 6) is 0.598. The van der Waals surface area contributed by atoms with Crippen LogP contribution in [0.1, 0.15) is 20.3 Å². The van der Waals surface area contributed by atoms with Gasteiger partial charge in [0.15, 0.2) is 0 Å². The molecule has 118 valence electrons. The van der Waals surface area contributed by atoms with E-state index in [1.165, 1.54) is 16.6 Å². The molecule has 2 heterocycles. The first-order valence-corrected chi connectivity index (χ1v) is 8.75. The summed E-state index contributed by atoms with van der Waals surface area (Å²) in [4.78, 5) is 4.12. The van der Waals surface area contributed by atoms with Crippen LogP contribution in [0.15, 0.2) is 17.2 Å². The fraction of sp³-hybridized carbons (Fsp3) is 0.615. The van der Waals surface area contributed by atoms with E-state index < -0.39 is 10.0 Å². The van der Waals surface area contributed by atoms with Crippen molar-refractivity contribution in [2.75, 3.05) is 25.0 Å². The maximum Gasteiger partial charge on any atom is 0.245 e. The molecule has 6 nitrogen and oxygen atoms in total. The molecule has 21 heavy (non-hydrogen) atoms. The number of hydrogen-bond donors (Lipinski definition) is 2. The molecule has 0 spiro atoms. The molecule has 0 saturated carbocycles. The molecule has 1 aliphatic heterocycles. The van der Waals surface area contributed by atoms with Crippen LogP contribution in [0.4, 0.5) is 5.82 Å². The minimum absolute atomic E-state index is 0.0571. The van der Waals surface area contributed by atoms with Gasteiger partial charge in [0.2, 0.25) is 10.0 Å². The van der Waals surface area contributed by atoms with Crippen LogP contribution in [0.5, 0.6) is 0 Å². The second-order valence-corrected chi connectivity index (χ2v) is 7.46. The number of aromatic nitrogens is 1. The second-order valence-electron chi connectivity index (χ2n) is 5.16. The van der Waals surface area contributed by atoms with Gasteiger partial charge in [-0.2, -0.15) is 4.31 Å². The van der Waals surface area contributed by atoms with E-state index in [0.717, 1.165) is 6.42 Å². The molecule has 2 rings (SSSR count). The Morgan fingerprint density at radius 2 is 2.29 bits per heavy atom. The van der Waals surface area contributed by atoms with Crippen molar-refractivity contribution in [3.8, 4) is 0 Å². The Labute approximate surface area is 130 Å². The summed E-state index contributed by atoms with van der Waals surface area (Å²) in [5, 5.41) is 12.7. The zero-order valence-corrected chi connectivity index (χ0v) is 13.7. The lowest BCUT2D eigenvalue weighted by Gasteiger charge is -2.24. The summed E-state index contributed by atoms with van der Waals surface area (Å²) in [5.41, 5.74) is 0. The van der Waals surface area contributed by atoms with E-state index in [9.17, 15) is 13.5 Å². The standard InChI is InChI=1S/C13H20ClN3O3S/c1-3-15-13-11(14)6-10(7-16-13)21(19,20)17-5-4-9(2)12(17)8-18/h6-7,9,12,18H,3-5,8H2,1-2H3,(H,15,16). The van der Waals surface area contributed by atoms with Gasteiger partial charge >= 0.3 is 0 Å². The summed E-state index contributed by atoms with van der Waals surface area (Å²) in [6, 6.07) is 1.02. The minimum atomic E-state index is -3.69. The van der Waals surface area contributed by atoms with Gasteiger partial charge in [-0.15, -0.1) is 0 Å². The highest BCUT2D eigenvalue weighted by Crippen LogP contribution is 2.31. The molecule has 2 atom stereocenters. The van der Waals surface area contributed by atoms with Crippen molar-refractivity contribution in [3.63, 3.8) is 0 Å². The number of anilines is 1. The van der Waals surface area contributed by atoms with Gasteiger partial charge in [0.1, 0.15) is 10.7 Å². The van der Waals surface area contributed by atoms with Crippen molar-refractivity contribution in [2.45, 2.75) is 31.2 Å². The summed E-state index contributed by atoms with van der Waals surface area (Å²) in [6.45, 7) is 4.71. The normalized spacial score (nSPS) is 23.4. The van der Waals surface area contributed by atoms with Crippen LogP contribution < -0.4 is 5.32 Å². The molecular weight excluding hydrogens is 314 g/mol. The first-order chi connectivity index (χ1) is 9.91. The lowest BCUT2D eigenvalue weighted by Crippen LogP contribution is -2.39. The van der Waals surface area contributed by atoms with Crippen LogP contribution in [0.2, 0.25) is 5.02 Å². The van der Waals surface area contributed by atoms with E-state index >= 15 is 0 Å². The van der Waals surface area contributed by atoms with Gasteiger partial charge in [0.05, 0.1) is 17.7 Å². The van der Waals surface area contributed by atoms with Crippen molar-refractivity contribution in [1.82, 2.24) is 9.29 Å². The third-order valence-corrected chi connectivity index (χ3v) is 5.96. The van der Waals surface area contributed by atoms with Crippen LogP contribution in [0, 0.1) is 5.92 Å². The fourth-order valence-corrected chi connectivity index (χ4v) is 4.53. The summed E-state index contributed by atoms with van der Waals surface area (Å²) >= 11 is 6.06. The molecule has 2 unspecified atom stereocenters. The molecule has 1 fully saturated rings. The monoisotopic (exact) mass is 333 g/mol. The van der Waals surface area contributed by atoms with E-state index in [4.69, 9.17) is 11.6 Å². The molecule has 8 heteroatoms. The van der Waals surface area contributed by atoms with E-state index in [1.54, 1.807) is 0 Å². The number of aliphatic hydroxyl groups is 1. The molecule has 1 saturated heterocycles. The van der Waals surface area contributed by atoms with Crippen molar-refractivity contribution >= 4 is 27.4 Å². The van der Waals surface area contributed by atoms with Gasteiger partial charge in [-0.1, -0.05) is 18.5 Å². The number of nitrogens with zero attached hydrogens (tertiary/aromatic N) is 2. The number of pyridine rings is 1. The Kier molecular flexibility index (Phi) is 5.08. The van der Waals surface area contributed by atoms with E-state index in [2.05, 4.69) is 10.3 Å². The molecular formula is C13H20ClN3O3S. The number of halogens is 1. The molecule has 1 aromatic heterocycles. The average Bonchev–Trinajstić information content (AvgIpc) is 2.82. The highest BCUT2D eigenvalue weighted by atomic mass is 35.5. The van der Waals surface area contributed by atoms with E-state index in [1.807, 2.05) is 13.8 Å². The van der Waals surface area contributed by atoms with Crippen LogP contribution in [-0.2, 0) is 10.0 Å². The largest absolute Gasteiger partial charge is 0.395 e. The molecule has 0 radical (unpaired) electrons. The predicted octanol–water partition coefficient (Wildman–Crippen LogP) is 1.56. The molecule has 1 aliphatic rings. The van der Waals surface area contributed by atoms with Crippen LogP contribution in [-0.4, -0.2) is 48.6 Å². The van der Waals surface area contributed by atoms with E-state index in [-0.39, 0.29) is 28.5 Å². The molecule has 1 aromatic rings. The lowest BCUT2D eigenvalue weighted by molar-refractivity contribution is 0.191. The van der Waals surface area contributed by atoms with Crippen molar-refractivity contribution in [3.05, 3.63) is 17.3 Å². The van der Waals surface area contributed by atoms with Gasteiger partial charge in [0, 0.05) is 19.3 Å². The van der Waals surface area contributed by atoms with Gasteiger partial charge in [-0.25, -0.2) is 13.4 Å². The maximum atomic E-state index is 12.7. The highest BCUT2D eigenvalue weighted by molar-refractivity contribution is 7.89. The summed E-state index contributed by atoms with van der Waals surface area (Å²) < 4.78 is 26.7. The fourth-order valence-electron chi connectivity index (χ4n) is 2.54. The first kappa shape index (κ1) is 16.5. The SMILES string of the molecule is CCNc1ncc(S(=O)(=O)N2CCC(C)C2CO)cc1Cl. The number of rotatable bonds is 5. The Hall–Kier alpha value is -0.890. The topological polar surface area (TPSA) is 82.5 Å². The molecule has 2 N–H and O–H groups in total. The number of hydrogen-bond acceptors (Lipinski definition) is 5. The van der Waals surface area contributed by atoms with E-state index in [0.29, 0.717) is 18.9 Å². The summed E-state index contributed by atoms with van der Waals surface area (Å²) in [7, 11) is -3.69. The zero-order chi connectivity index (χ0) is 15.6. The second kappa shape index (κ2) is 6.48. The Bertz CT molecular complexity index is 609. The number of sulfonamides is 1. The smallest absolute Gasteiger partial charge is 0.245 e. The quantitative estimate of drug-likeness (QED) is 0.854. The zero-order valence-electron chi connectivity index (χ0n) is 12.1. The number of aliphatic hydroxyl groups excluding tert-OH is 1. The van der Waals surface area contributed by atoms with Gasteiger partial charge in [-0.3, -0.25) is 0 Å². The molecule has 0 amide bonds. The Morgan fingerprint density at radius 1 is 1.57 bits per heavy atom. The maximum absolute atomic E-state index is 12.7. The highest BCUT2D eigenvalue weighted by Gasteiger charge is 2.39.